The SMILES string of the molecule is COCCN1C(=O)C(O)=C(C(=O)c2cc3ccccc3o2)C1c1c(C)[nH]c2ccccc12. The zero-order chi connectivity index (χ0) is 22.4. The summed E-state index contributed by atoms with van der Waals surface area (Å²) in [7, 11) is 1.54. The van der Waals surface area contributed by atoms with Crippen molar-refractivity contribution in [1.29, 1.82) is 0 Å². The average molecular weight is 430 g/mol. The summed E-state index contributed by atoms with van der Waals surface area (Å²) in [6, 6.07) is 15.8. The number of ether oxygens (including phenoxy) is 1. The fourth-order valence-electron chi connectivity index (χ4n) is 4.48. The van der Waals surface area contributed by atoms with Gasteiger partial charge in [-0.1, -0.05) is 36.4 Å². The van der Waals surface area contributed by atoms with Gasteiger partial charge < -0.3 is 24.1 Å². The van der Waals surface area contributed by atoms with Crippen molar-refractivity contribution < 1.29 is 23.8 Å². The van der Waals surface area contributed by atoms with E-state index in [-0.39, 0.29) is 24.5 Å². The number of para-hydroxylation sites is 2. The Morgan fingerprint density at radius 2 is 1.94 bits per heavy atom. The molecule has 1 aliphatic rings. The molecule has 0 saturated heterocycles. The topological polar surface area (TPSA) is 95.8 Å². The van der Waals surface area contributed by atoms with E-state index in [1.165, 1.54) is 4.90 Å². The van der Waals surface area contributed by atoms with Gasteiger partial charge in [0, 0.05) is 41.2 Å². The number of rotatable bonds is 6. The smallest absolute Gasteiger partial charge is 0.290 e. The van der Waals surface area contributed by atoms with Gasteiger partial charge in [-0.2, -0.15) is 0 Å². The number of amides is 1. The molecule has 32 heavy (non-hydrogen) atoms. The number of furan rings is 1. The van der Waals surface area contributed by atoms with Crippen LogP contribution in [0, 0.1) is 6.92 Å². The number of aliphatic hydroxyl groups is 1. The van der Waals surface area contributed by atoms with Crippen LogP contribution in [-0.4, -0.2) is 46.9 Å². The fourth-order valence-corrected chi connectivity index (χ4v) is 4.48. The van der Waals surface area contributed by atoms with Crippen LogP contribution in [0.2, 0.25) is 0 Å². The predicted octanol–water partition coefficient (Wildman–Crippen LogP) is 4.45. The van der Waals surface area contributed by atoms with E-state index in [1.54, 1.807) is 19.2 Å². The molecule has 0 radical (unpaired) electrons. The van der Waals surface area contributed by atoms with Crippen molar-refractivity contribution in [2.75, 3.05) is 20.3 Å². The second-order valence-corrected chi connectivity index (χ2v) is 7.84. The number of carbonyl (C=O) groups excluding carboxylic acids is 2. The summed E-state index contributed by atoms with van der Waals surface area (Å²) < 4.78 is 11.0. The van der Waals surface area contributed by atoms with Gasteiger partial charge in [0.2, 0.25) is 5.78 Å². The Kier molecular flexibility index (Phi) is 4.83. The maximum Gasteiger partial charge on any atom is 0.290 e. The van der Waals surface area contributed by atoms with Gasteiger partial charge in [0.15, 0.2) is 11.5 Å². The molecule has 1 unspecified atom stereocenters. The highest BCUT2D eigenvalue weighted by molar-refractivity contribution is 6.16. The number of Topliss-reactive ketones (excluding diaryl/α,β-unsaturated/α-hetero) is 1. The number of hydrogen-bond acceptors (Lipinski definition) is 5. The third-order valence-corrected chi connectivity index (χ3v) is 5.95. The molecule has 5 rings (SSSR count). The molecule has 2 N–H and O–H groups in total. The molecule has 162 valence electrons. The number of aromatic amines is 1. The molecule has 4 aromatic rings. The third kappa shape index (κ3) is 3.01. The minimum atomic E-state index is -0.769. The summed E-state index contributed by atoms with van der Waals surface area (Å²) in [5.41, 5.74) is 3.06. The van der Waals surface area contributed by atoms with Gasteiger partial charge in [-0.05, 0) is 25.1 Å². The van der Waals surface area contributed by atoms with Gasteiger partial charge in [0.1, 0.15) is 5.58 Å². The molecule has 1 aliphatic heterocycles. The zero-order valence-corrected chi connectivity index (χ0v) is 17.7. The molecular formula is C25H22N2O5. The van der Waals surface area contributed by atoms with E-state index in [0.29, 0.717) is 5.58 Å². The number of hydrogen-bond donors (Lipinski definition) is 2. The Morgan fingerprint density at radius 3 is 2.72 bits per heavy atom. The number of benzene rings is 2. The molecule has 7 nitrogen and oxygen atoms in total. The average Bonchev–Trinajstić information content (AvgIpc) is 3.44. The van der Waals surface area contributed by atoms with Crippen molar-refractivity contribution in [2.24, 2.45) is 0 Å². The Morgan fingerprint density at radius 1 is 1.19 bits per heavy atom. The van der Waals surface area contributed by atoms with Crippen molar-refractivity contribution in [3.05, 3.63) is 82.9 Å². The Bertz CT molecular complexity index is 1360. The molecule has 3 heterocycles. The Hall–Kier alpha value is -3.84. The monoisotopic (exact) mass is 430 g/mol. The van der Waals surface area contributed by atoms with E-state index >= 15 is 0 Å². The lowest BCUT2D eigenvalue weighted by Crippen LogP contribution is -2.34. The highest BCUT2D eigenvalue weighted by atomic mass is 16.5. The number of ketones is 1. The van der Waals surface area contributed by atoms with Crippen LogP contribution in [0.15, 0.2) is 70.3 Å². The first-order valence-electron chi connectivity index (χ1n) is 10.3. The summed E-state index contributed by atoms with van der Waals surface area (Å²) in [5.74, 6) is -1.59. The standard InChI is InChI=1S/C25H22N2O5/c1-14-20(16-8-4-5-9-17(16)26-14)22-21(24(29)25(30)27(22)11-12-31-2)23(28)19-13-15-7-3-6-10-18(15)32-19/h3-10,13,22,26,29H,11-12H2,1-2H3. The first-order valence-corrected chi connectivity index (χ1v) is 10.3. The molecule has 2 aromatic heterocycles. The lowest BCUT2D eigenvalue weighted by atomic mass is 9.93. The third-order valence-electron chi connectivity index (χ3n) is 5.95. The number of fused-ring (bicyclic) bond motifs is 2. The van der Waals surface area contributed by atoms with Crippen molar-refractivity contribution in [3.8, 4) is 0 Å². The van der Waals surface area contributed by atoms with Crippen LogP contribution in [0.25, 0.3) is 21.9 Å². The summed E-state index contributed by atoms with van der Waals surface area (Å²) >= 11 is 0. The Balaban J connectivity index is 1.68. The van der Waals surface area contributed by atoms with E-state index in [1.807, 2.05) is 49.4 Å². The number of carbonyl (C=O) groups is 2. The van der Waals surface area contributed by atoms with Crippen molar-refractivity contribution >= 4 is 33.6 Å². The molecule has 0 spiro atoms. The van der Waals surface area contributed by atoms with E-state index in [0.717, 1.165) is 27.5 Å². The lowest BCUT2D eigenvalue weighted by Gasteiger charge is -2.26. The van der Waals surface area contributed by atoms with Crippen molar-refractivity contribution in [3.63, 3.8) is 0 Å². The number of aliphatic hydroxyl groups excluding tert-OH is 1. The second-order valence-electron chi connectivity index (χ2n) is 7.84. The lowest BCUT2D eigenvalue weighted by molar-refractivity contribution is -0.130. The summed E-state index contributed by atoms with van der Waals surface area (Å²) in [4.78, 5) is 31.5. The van der Waals surface area contributed by atoms with Crippen molar-refractivity contribution in [1.82, 2.24) is 9.88 Å². The van der Waals surface area contributed by atoms with Gasteiger partial charge >= 0.3 is 0 Å². The van der Waals surface area contributed by atoms with E-state index in [2.05, 4.69) is 4.98 Å². The molecule has 0 saturated carbocycles. The predicted molar refractivity (Wildman–Crippen MR) is 120 cm³/mol. The van der Waals surface area contributed by atoms with Gasteiger partial charge in [0.25, 0.3) is 5.91 Å². The minimum Gasteiger partial charge on any atom is -0.503 e. The number of methoxy groups -OCH3 is 1. The van der Waals surface area contributed by atoms with Crippen LogP contribution in [0.1, 0.15) is 27.9 Å². The summed E-state index contributed by atoms with van der Waals surface area (Å²) in [6.07, 6.45) is 0. The van der Waals surface area contributed by atoms with Crippen molar-refractivity contribution in [2.45, 2.75) is 13.0 Å². The van der Waals surface area contributed by atoms with E-state index in [4.69, 9.17) is 9.15 Å². The maximum absolute atomic E-state index is 13.6. The van der Waals surface area contributed by atoms with Gasteiger partial charge in [-0.3, -0.25) is 9.59 Å². The summed E-state index contributed by atoms with van der Waals surface area (Å²) in [5, 5.41) is 12.5. The van der Waals surface area contributed by atoms with Crippen LogP contribution in [0.5, 0.6) is 0 Å². The minimum absolute atomic E-state index is 0.0120. The quantitative estimate of drug-likeness (QED) is 0.441. The Labute approximate surface area is 183 Å². The van der Waals surface area contributed by atoms with Crippen LogP contribution in [-0.2, 0) is 9.53 Å². The largest absolute Gasteiger partial charge is 0.503 e. The van der Waals surface area contributed by atoms with Crippen LogP contribution < -0.4 is 0 Å². The molecule has 2 aromatic carbocycles. The highest BCUT2D eigenvalue weighted by Gasteiger charge is 2.45. The molecular weight excluding hydrogens is 408 g/mol. The molecule has 0 bridgehead atoms. The number of aryl methyl sites for hydroxylation is 1. The highest BCUT2D eigenvalue weighted by Crippen LogP contribution is 2.43. The van der Waals surface area contributed by atoms with Crippen LogP contribution >= 0.6 is 0 Å². The first-order chi connectivity index (χ1) is 15.5. The number of aromatic nitrogens is 1. The molecule has 0 fully saturated rings. The van der Waals surface area contributed by atoms with Gasteiger partial charge in [-0.15, -0.1) is 0 Å². The van der Waals surface area contributed by atoms with Gasteiger partial charge in [-0.25, -0.2) is 0 Å². The number of H-pyrrole nitrogens is 1. The second kappa shape index (κ2) is 7.69. The maximum atomic E-state index is 13.6. The van der Waals surface area contributed by atoms with Crippen LogP contribution in [0.3, 0.4) is 0 Å². The molecule has 0 aliphatic carbocycles. The van der Waals surface area contributed by atoms with Crippen LogP contribution in [0.4, 0.5) is 0 Å². The van der Waals surface area contributed by atoms with E-state index in [9.17, 15) is 14.7 Å². The first kappa shape index (κ1) is 20.1. The fraction of sp³-hybridized carbons (Fsp3) is 0.200. The number of nitrogens with zero attached hydrogens (tertiary/aromatic N) is 1. The zero-order valence-electron chi connectivity index (χ0n) is 17.7. The normalized spacial score (nSPS) is 16.6. The van der Waals surface area contributed by atoms with E-state index < -0.39 is 23.5 Å². The number of nitrogens with one attached hydrogen (secondary N) is 1. The molecule has 1 atom stereocenters. The molecule has 7 heteroatoms. The summed E-state index contributed by atoms with van der Waals surface area (Å²) in [6.45, 7) is 2.38. The molecule has 1 amide bonds. The van der Waals surface area contributed by atoms with Gasteiger partial charge in [0.05, 0.1) is 18.2 Å².